The van der Waals surface area contributed by atoms with Crippen LogP contribution in [0.2, 0.25) is 5.02 Å². The summed E-state index contributed by atoms with van der Waals surface area (Å²) in [5.74, 6) is 0.0496. The van der Waals surface area contributed by atoms with E-state index < -0.39 is 0 Å². The molecule has 1 aromatic carbocycles. The Kier molecular flexibility index (Phi) is 4.94. The first-order valence-electron chi connectivity index (χ1n) is 6.60. The number of aliphatic hydroxyl groups is 1. The Morgan fingerprint density at radius 1 is 1.33 bits per heavy atom. The van der Waals surface area contributed by atoms with Crippen LogP contribution in [-0.4, -0.2) is 21.4 Å². The highest BCUT2D eigenvalue weighted by Gasteiger charge is 2.10. The first-order valence-corrected chi connectivity index (χ1v) is 6.97. The second kappa shape index (κ2) is 6.70. The van der Waals surface area contributed by atoms with Crippen LogP contribution < -0.4 is 0 Å². The molecule has 0 spiro atoms. The molecule has 110 valence electrons. The highest BCUT2D eigenvalue weighted by Crippen LogP contribution is 2.24. The van der Waals surface area contributed by atoms with Gasteiger partial charge in [0, 0.05) is 28.6 Å². The minimum Gasteiger partial charge on any atom is -0.505 e. The number of rotatable bonds is 4. The van der Waals surface area contributed by atoms with Crippen LogP contribution in [0.3, 0.4) is 0 Å². The Balaban J connectivity index is 2.28. The zero-order chi connectivity index (χ0) is 15.4. The normalized spacial score (nSPS) is 12.8. The average molecular weight is 305 g/mol. The molecule has 1 atom stereocenters. The minimum absolute atomic E-state index is 0.0496. The van der Waals surface area contributed by atoms with Gasteiger partial charge < -0.3 is 10.2 Å². The van der Waals surface area contributed by atoms with Crippen molar-refractivity contribution in [3.05, 3.63) is 57.9 Å². The number of aryl methyl sites for hydroxylation is 1. The number of hydrogen-bond donors (Lipinski definition) is 2. The third-order valence-electron chi connectivity index (χ3n) is 3.31. The van der Waals surface area contributed by atoms with Gasteiger partial charge in [0.2, 0.25) is 0 Å². The lowest BCUT2D eigenvalue weighted by atomic mass is 10.1. The van der Waals surface area contributed by atoms with Crippen molar-refractivity contribution in [1.82, 2.24) is 4.98 Å². The minimum atomic E-state index is -0.197. The first kappa shape index (κ1) is 15.5. The van der Waals surface area contributed by atoms with Gasteiger partial charge in [0.25, 0.3) is 0 Å². The van der Waals surface area contributed by atoms with Gasteiger partial charge in [-0.3, -0.25) is 9.98 Å². The molecule has 0 saturated carbocycles. The number of aromatic hydroxyl groups is 1. The number of halogens is 1. The molecule has 21 heavy (non-hydrogen) atoms. The van der Waals surface area contributed by atoms with E-state index in [1.165, 1.54) is 0 Å². The zero-order valence-electron chi connectivity index (χ0n) is 11.9. The second-order valence-corrected chi connectivity index (χ2v) is 5.23. The quantitative estimate of drug-likeness (QED) is 0.851. The van der Waals surface area contributed by atoms with E-state index in [2.05, 4.69) is 9.98 Å². The third-order valence-corrected chi connectivity index (χ3v) is 3.56. The van der Waals surface area contributed by atoms with Crippen LogP contribution >= 0.6 is 11.6 Å². The summed E-state index contributed by atoms with van der Waals surface area (Å²) >= 11 is 5.86. The van der Waals surface area contributed by atoms with Crippen molar-refractivity contribution in [1.29, 1.82) is 0 Å². The largest absolute Gasteiger partial charge is 0.505 e. The zero-order valence-corrected chi connectivity index (χ0v) is 12.7. The predicted molar refractivity (Wildman–Crippen MR) is 84.0 cm³/mol. The molecule has 0 radical (unpaired) electrons. The Morgan fingerprint density at radius 3 is 2.62 bits per heavy atom. The summed E-state index contributed by atoms with van der Waals surface area (Å²) in [5.41, 5.74) is 2.58. The summed E-state index contributed by atoms with van der Waals surface area (Å²) in [5, 5.41) is 20.0. The lowest BCUT2D eigenvalue weighted by Gasteiger charge is -2.09. The Bertz CT molecular complexity index is 654. The van der Waals surface area contributed by atoms with Crippen molar-refractivity contribution in [3.8, 4) is 5.75 Å². The summed E-state index contributed by atoms with van der Waals surface area (Å²) in [4.78, 5) is 8.46. The van der Waals surface area contributed by atoms with Crippen LogP contribution in [0.1, 0.15) is 35.3 Å². The van der Waals surface area contributed by atoms with Crippen LogP contribution in [0, 0.1) is 6.92 Å². The lowest BCUT2D eigenvalue weighted by Crippen LogP contribution is -1.99. The molecule has 2 N–H and O–H groups in total. The standard InChI is InChI=1S/C16H17ClN2O2/c1-10(12-3-5-14(17)6-4-12)19-8-15-13(9-20)7-18-11(2)16(15)21/h3-8,10,20-21H,9H2,1-2H3/t10-/m0/s1. The van der Waals surface area contributed by atoms with E-state index in [1.54, 1.807) is 19.3 Å². The van der Waals surface area contributed by atoms with Gasteiger partial charge in [-0.05, 0) is 31.5 Å². The van der Waals surface area contributed by atoms with Crippen LogP contribution in [0.25, 0.3) is 0 Å². The molecule has 2 rings (SSSR count). The van der Waals surface area contributed by atoms with Crippen LogP contribution in [0.5, 0.6) is 5.75 Å². The molecule has 1 aromatic heterocycles. The fourth-order valence-corrected chi connectivity index (χ4v) is 2.06. The summed E-state index contributed by atoms with van der Waals surface area (Å²) in [6.45, 7) is 3.46. The monoisotopic (exact) mass is 304 g/mol. The second-order valence-electron chi connectivity index (χ2n) is 4.79. The molecular formula is C16H17ClN2O2. The SMILES string of the molecule is Cc1ncc(CO)c(C=N[C@@H](C)c2ccc(Cl)cc2)c1O. The molecule has 0 unspecified atom stereocenters. The highest BCUT2D eigenvalue weighted by molar-refractivity contribution is 6.30. The van der Waals surface area contributed by atoms with Gasteiger partial charge in [0.1, 0.15) is 5.75 Å². The fraction of sp³-hybridized carbons (Fsp3) is 0.250. The highest BCUT2D eigenvalue weighted by atomic mass is 35.5. The molecule has 0 bridgehead atoms. The van der Waals surface area contributed by atoms with E-state index in [4.69, 9.17) is 11.6 Å². The van der Waals surface area contributed by atoms with Crippen LogP contribution in [0.15, 0.2) is 35.5 Å². The van der Waals surface area contributed by atoms with Gasteiger partial charge in [-0.25, -0.2) is 0 Å². The smallest absolute Gasteiger partial charge is 0.145 e. The maximum atomic E-state index is 10.0. The predicted octanol–water partition coefficient (Wildman–Crippen LogP) is 3.42. The maximum absolute atomic E-state index is 10.0. The Morgan fingerprint density at radius 2 is 2.00 bits per heavy atom. The van der Waals surface area contributed by atoms with E-state index in [1.807, 2.05) is 31.2 Å². The molecule has 0 aliphatic rings. The average Bonchev–Trinajstić information content (AvgIpc) is 2.49. The van der Waals surface area contributed by atoms with Crippen molar-refractivity contribution in [2.45, 2.75) is 26.5 Å². The summed E-state index contributed by atoms with van der Waals surface area (Å²) in [6.07, 6.45) is 3.12. The van der Waals surface area contributed by atoms with E-state index in [0.717, 1.165) is 5.56 Å². The van der Waals surface area contributed by atoms with Crippen molar-refractivity contribution in [3.63, 3.8) is 0 Å². The van der Waals surface area contributed by atoms with E-state index >= 15 is 0 Å². The molecule has 0 saturated heterocycles. The summed E-state index contributed by atoms with van der Waals surface area (Å²) in [6, 6.07) is 7.37. The molecule has 0 aliphatic heterocycles. The van der Waals surface area contributed by atoms with Crippen LogP contribution in [0.4, 0.5) is 0 Å². The maximum Gasteiger partial charge on any atom is 0.145 e. The fourth-order valence-electron chi connectivity index (χ4n) is 1.94. The molecule has 0 amide bonds. The molecular weight excluding hydrogens is 288 g/mol. The summed E-state index contributed by atoms with van der Waals surface area (Å²) < 4.78 is 0. The Hall–Kier alpha value is -1.91. The van der Waals surface area contributed by atoms with Gasteiger partial charge in [0.05, 0.1) is 18.3 Å². The lowest BCUT2D eigenvalue weighted by molar-refractivity contribution is 0.280. The van der Waals surface area contributed by atoms with Gasteiger partial charge >= 0.3 is 0 Å². The Labute approximate surface area is 128 Å². The molecule has 0 aliphatic carbocycles. The number of aromatic nitrogens is 1. The van der Waals surface area contributed by atoms with Gasteiger partial charge in [0.15, 0.2) is 0 Å². The molecule has 4 nitrogen and oxygen atoms in total. The van der Waals surface area contributed by atoms with Crippen molar-refractivity contribution in [2.75, 3.05) is 0 Å². The molecule has 5 heteroatoms. The van der Waals surface area contributed by atoms with Gasteiger partial charge in [-0.2, -0.15) is 0 Å². The number of hydrogen-bond acceptors (Lipinski definition) is 4. The van der Waals surface area contributed by atoms with Crippen LogP contribution in [-0.2, 0) is 6.61 Å². The third kappa shape index (κ3) is 3.60. The first-order chi connectivity index (χ1) is 10.0. The van der Waals surface area contributed by atoms with E-state index in [-0.39, 0.29) is 18.4 Å². The molecule has 0 fully saturated rings. The van der Waals surface area contributed by atoms with E-state index in [9.17, 15) is 10.2 Å². The topological polar surface area (TPSA) is 65.7 Å². The van der Waals surface area contributed by atoms with Gasteiger partial charge in [-0.1, -0.05) is 23.7 Å². The number of aliphatic imine (C=N–C) groups is 1. The number of benzene rings is 1. The number of nitrogens with zero attached hydrogens (tertiary/aromatic N) is 2. The van der Waals surface area contributed by atoms with E-state index in [0.29, 0.717) is 21.8 Å². The van der Waals surface area contributed by atoms with Gasteiger partial charge in [-0.15, -0.1) is 0 Å². The molecule has 1 heterocycles. The van der Waals surface area contributed by atoms with Crippen molar-refractivity contribution in [2.24, 2.45) is 4.99 Å². The number of pyridine rings is 1. The number of aliphatic hydroxyl groups excluding tert-OH is 1. The molecule has 2 aromatic rings. The van der Waals surface area contributed by atoms with Crippen molar-refractivity contribution < 1.29 is 10.2 Å². The summed E-state index contributed by atoms with van der Waals surface area (Å²) in [7, 11) is 0. The van der Waals surface area contributed by atoms with Crippen molar-refractivity contribution >= 4 is 17.8 Å².